The summed E-state index contributed by atoms with van der Waals surface area (Å²) in [6.07, 6.45) is 0. The van der Waals surface area contributed by atoms with Gasteiger partial charge in [-0.3, -0.25) is 0 Å². The van der Waals surface area contributed by atoms with E-state index in [1.165, 1.54) is 11.8 Å². The highest BCUT2D eigenvalue weighted by Crippen LogP contribution is 2.15. The van der Waals surface area contributed by atoms with Crippen molar-refractivity contribution in [1.82, 2.24) is 15.0 Å². The normalized spacial score (nSPS) is 10.2. The summed E-state index contributed by atoms with van der Waals surface area (Å²) in [6.45, 7) is 3.17. The van der Waals surface area contributed by atoms with E-state index in [1.807, 2.05) is 6.92 Å². The first-order chi connectivity index (χ1) is 6.76. The number of nitrogens with zero attached hydrogens (tertiary/aromatic N) is 3. The molecular weight excluding hydrogens is 222 g/mol. The SMILES string of the molecule is CCSc1nc(Cl)nc(NCCN)n1. The minimum atomic E-state index is 0.204. The van der Waals surface area contributed by atoms with Crippen LogP contribution in [0.5, 0.6) is 0 Å². The quantitative estimate of drug-likeness (QED) is 0.740. The fraction of sp³-hybridized carbons (Fsp3) is 0.571. The van der Waals surface area contributed by atoms with E-state index in [-0.39, 0.29) is 5.28 Å². The molecule has 1 aromatic heterocycles. The second-order valence-electron chi connectivity index (χ2n) is 2.36. The number of nitrogens with one attached hydrogen (secondary N) is 1. The maximum absolute atomic E-state index is 5.72. The average Bonchev–Trinajstić information content (AvgIpc) is 2.14. The molecule has 0 spiro atoms. The van der Waals surface area contributed by atoms with Gasteiger partial charge in [0.1, 0.15) is 0 Å². The van der Waals surface area contributed by atoms with Crippen molar-refractivity contribution in [3.63, 3.8) is 0 Å². The van der Waals surface area contributed by atoms with Crippen molar-refractivity contribution in [2.75, 3.05) is 24.2 Å². The highest BCUT2D eigenvalue weighted by atomic mass is 35.5. The Labute approximate surface area is 91.9 Å². The molecule has 5 nitrogen and oxygen atoms in total. The van der Waals surface area contributed by atoms with Gasteiger partial charge in [0.15, 0.2) is 5.16 Å². The molecule has 0 radical (unpaired) electrons. The molecule has 0 aliphatic heterocycles. The lowest BCUT2D eigenvalue weighted by Crippen LogP contribution is -2.15. The molecule has 0 aromatic carbocycles. The fourth-order valence-electron chi connectivity index (χ4n) is 0.789. The molecule has 3 N–H and O–H groups in total. The van der Waals surface area contributed by atoms with Crippen LogP contribution in [0.4, 0.5) is 5.95 Å². The van der Waals surface area contributed by atoms with Crippen LogP contribution in [0.1, 0.15) is 6.92 Å². The van der Waals surface area contributed by atoms with Crippen molar-refractivity contribution < 1.29 is 0 Å². The zero-order valence-corrected chi connectivity index (χ0v) is 9.40. The molecular formula is C7H12ClN5S. The summed E-state index contributed by atoms with van der Waals surface area (Å²) >= 11 is 7.24. The summed E-state index contributed by atoms with van der Waals surface area (Å²) in [6, 6.07) is 0. The van der Waals surface area contributed by atoms with E-state index in [1.54, 1.807) is 0 Å². The van der Waals surface area contributed by atoms with E-state index in [4.69, 9.17) is 17.3 Å². The van der Waals surface area contributed by atoms with Gasteiger partial charge in [0, 0.05) is 13.1 Å². The molecule has 0 aliphatic carbocycles. The molecule has 0 amide bonds. The predicted molar refractivity (Wildman–Crippen MR) is 58.8 cm³/mol. The van der Waals surface area contributed by atoms with Gasteiger partial charge in [-0.25, -0.2) is 0 Å². The van der Waals surface area contributed by atoms with Crippen molar-refractivity contribution in [1.29, 1.82) is 0 Å². The minimum absolute atomic E-state index is 0.204. The van der Waals surface area contributed by atoms with Crippen LogP contribution in [0.3, 0.4) is 0 Å². The van der Waals surface area contributed by atoms with Crippen molar-refractivity contribution in [2.24, 2.45) is 5.73 Å². The molecule has 0 fully saturated rings. The van der Waals surface area contributed by atoms with Gasteiger partial charge < -0.3 is 11.1 Å². The van der Waals surface area contributed by atoms with E-state index >= 15 is 0 Å². The molecule has 7 heteroatoms. The molecule has 0 atom stereocenters. The molecule has 0 unspecified atom stereocenters. The Hall–Kier alpha value is -0.590. The lowest BCUT2D eigenvalue weighted by molar-refractivity contribution is 0.887. The summed E-state index contributed by atoms with van der Waals surface area (Å²) in [5.41, 5.74) is 5.34. The standard InChI is InChI=1S/C7H12ClN5S/c1-2-14-7-12-5(8)11-6(13-7)10-4-3-9/h2-4,9H2,1H3,(H,10,11,12,13). The van der Waals surface area contributed by atoms with Gasteiger partial charge in [-0.15, -0.1) is 0 Å². The number of halogens is 1. The van der Waals surface area contributed by atoms with Crippen molar-refractivity contribution in [3.8, 4) is 0 Å². The summed E-state index contributed by atoms with van der Waals surface area (Å²) in [5, 5.41) is 3.78. The van der Waals surface area contributed by atoms with E-state index in [9.17, 15) is 0 Å². The smallest absolute Gasteiger partial charge is 0.228 e. The second-order valence-corrected chi connectivity index (χ2v) is 3.93. The van der Waals surface area contributed by atoms with Crippen molar-refractivity contribution in [2.45, 2.75) is 12.1 Å². The Morgan fingerprint density at radius 3 is 2.86 bits per heavy atom. The Morgan fingerprint density at radius 1 is 1.43 bits per heavy atom. The van der Waals surface area contributed by atoms with Crippen molar-refractivity contribution in [3.05, 3.63) is 5.28 Å². The Bertz CT molecular complexity index is 295. The van der Waals surface area contributed by atoms with Gasteiger partial charge in [0.05, 0.1) is 0 Å². The lowest BCUT2D eigenvalue weighted by atomic mass is 10.6. The van der Waals surface area contributed by atoms with E-state index < -0.39 is 0 Å². The number of nitrogens with two attached hydrogens (primary N) is 1. The molecule has 1 aromatic rings. The zero-order valence-electron chi connectivity index (χ0n) is 7.83. The molecule has 0 aliphatic rings. The number of aromatic nitrogens is 3. The third-order valence-corrected chi connectivity index (χ3v) is 2.19. The van der Waals surface area contributed by atoms with Crippen LogP contribution < -0.4 is 11.1 Å². The topological polar surface area (TPSA) is 76.7 Å². The predicted octanol–water partition coefficient (Wildman–Crippen LogP) is 1.01. The first kappa shape index (κ1) is 11.5. The molecule has 78 valence electrons. The fourth-order valence-corrected chi connectivity index (χ4v) is 1.56. The van der Waals surface area contributed by atoms with Gasteiger partial charge in [-0.2, -0.15) is 15.0 Å². The summed E-state index contributed by atoms with van der Waals surface area (Å²) in [4.78, 5) is 12.0. The first-order valence-corrected chi connectivity index (χ1v) is 5.61. The number of hydrogen-bond donors (Lipinski definition) is 2. The molecule has 1 rings (SSSR count). The van der Waals surface area contributed by atoms with Gasteiger partial charge in [0.2, 0.25) is 11.2 Å². The van der Waals surface area contributed by atoms with Crippen LogP contribution in [-0.4, -0.2) is 33.8 Å². The van der Waals surface area contributed by atoms with Gasteiger partial charge in [-0.05, 0) is 17.4 Å². The molecule has 1 heterocycles. The third-order valence-electron chi connectivity index (χ3n) is 1.29. The second kappa shape index (κ2) is 6.00. The van der Waals surface area contributed by atoms with Crippen LogP contribution in [0.2, 0.25) is 5.28 Å². The summed E-state index contributed by atoms with van der Waals surface area (Å²) in [5.74, 6) is 1.38. The van der Waals surface area contributed by atoms with Crippen LogP contribution in [-0.2, 0) is 0 Å². The maximum Gasteiger partial charge on any atom is 0.228 e. The van der Waals surface area contributed by atoms with Crippen molar-refractivity contribution >= 4 is 29.3 Å². The number of hydrogen-bond acceptors (Lipinski definition) is 6. The Kier molecular flexibility index (Phi) is 4.92. The Balaban J connectivity index is 2.73. The van der Waals surface area contributed by atoms with E-state index in [2.05, 4.69) is 20.3 Å². The van der Waals surface area contributed by atoms with E-state index in [0.29, 0.717) is 24.2 Å². The summed E-state index contributed by atoms with van der Waals surface area (Å²) in [7, 11) is 0. The maximum atomic E-state index is 5.72. The van der Waals surface area contributed by atoms with E-state index in [0.717, 1.165) is 5.75 Å². The molecule has 0 saturated heterocycles. The highest BCUT2D eigenvalue weighted by Gasteiger charge is 2.03. The zero-order chi connectivity index (χ0) is 10.4. The largest absolute Gasteiger partial charge is 0.353 e. The van der Waals surface area contributed by atoms with Crippen LogP contribution >= 0.6 is 23.4 Å². The molecule has 0 bridgehead atoms. The molecule has 0 saturated carbocycles. The average molecular weight is 234 g/mol. The van der Waals surface area contributed by atoms with Crippen LogP contribution in [0.25, 0.3) is 0 Å². The number of rotatable bonds is 5. The van der Waals surface area contributed by atoms with Crippen LogP contribution in [0, 0.1) is 0 Å². The lowest BCUT2D eigenvalue weighted by Gasteiger charge is -2.04. The third kappa shape index (κ3) is 3.65. The van der Waals surface area contributed by atoms with Crippen LogP contribution in [0.15, 0.2) is 5.16 Å². The minimum Gasteiger partial charge on any atom is -0.353 e. The molecule has 14 heavy (non-hydrogen) atoms. The monoisotopic (exact) mass is 233 g/mol. The summed E-state index contributed by atoms with van der Waals surface area (Å²) < 4.78 is 0. The number of thioether (sulfide) groups is 1. The van der Waals surface area contributed by atoms with Gasteiger partial charge in [0.25, 0.3) is 0 Å². The first-order valence-electron chi connectivity index (χ1n) is 4.24. The number of anilines is 1. The Morgan fingerprint density at radius 2 is 2.21 bits per heavy atom. The van der Waals surface area contributed by atoms with Gasteiger partial charge in [-0.1, -0.05) is 18.7 Å². The highest BCUT2D eigenvalue weighted by molar-refractivity contribution is 7.99. The van der Waals surface area contributed by atoms with Gasteiger partial charge >= 0.3 is 0 Å².